The molecule has 26 heavy (non-hydrogen) atoms. The summed E-state index contributed by atoms with van der Waals surface area (Å²) in [6, 6.07) is 13.5. The number of para-hydroxylation sites is 1. The largest absolute Gasteiger partial charge is 0.496 e. The number of ether oxygens (including phenoxy) is 2. The van der Waals surface area contributed by atoms with E-state index in [0.717, 1.165) is 5.56 Å². The first kappa shape index (κ1) is 19.0. The molecule has 0 heterocycles. The molecule has 2 amide bonds. The third kappa shape index (κ3) is 5.34. The maximum atomic E-state index is 11.9. The fourth-order valence-corrected chi connectivity index (χ4v) is 2.26. The van der Waals surface area contributed by atoms with Crippen LogP contribution in [0.1, 0.15) is 22.3 Å². The van der Waals surface area contributed by atoms with Crippen LogP contribution in [-0.4, -0.2) is 32.0 Å². The van der Waals surface area contributed by atoms with Crippen molar-refractivity contribution in [2.75, 3.05) is 19.5 Å². The highest BCUT2D eigenvalue weighted by atomic mass is 16.5. The van der Waals surface area contributed by atoms with Gasteiger partial charge >= 0.3 is 5.97 Å². The zero-order valence-corrected chi connectivity index (χ0v) is 14.6. The van der Waals surface area contributed by atoms with Crippen molar-refractivity contribution in [2.24, 2.45) is 0 Å². The molecular weight excluding hydrogens is 336 g/mol. The van der Waals surface area contributed by atoms with Crippen LogP contribution in [0.25, 0.3) is 0 Å². The van der Waals surface area contributed by atoms with Gasteiger partial charge in [0.2, 0.25) is 11.8 Å². The Morgan fingerprint density at radius 1 is 0.923 bits per heavy atom. The predicted molar refractivity (Wildman–Crippen MR) is 95.9 cm³/mol. The summed E-state index contributed by atoms with van der Waals surface area (Å²) in [5.74, 6) is -0.644. The number of rotatable bonds is 7. The zero-order chi connectivity index (χ0) is 18.9. The van der Waals surface area contributed by atoms with Crippen LogP contribution in [-0.2, 0) is 20.9 Å². The molecule has 0 bridgehead atoms. The molecule has 7 nitrogen and oxygen atoms in total. The normalized spacial score (nSPS) is 9.92. The van der Waals surface area contributed by atoms with E-state index >= 15 is 0 Å². The summed E-state index contributed by atoms with van der Waals surface area (Å²) < 4.78 is 9.81. The molecule has 0 saturated heterocycles. The molecule has 0 spiro atoms. The van der Waals surface area contributed by atoms with E-state index in [0.29, 0.717) is 17.0 Å². The van der Waals surface area contributed by atoms with E-state index in [1.54, 1.807) is 25.3 Å². The Kier molecular flexibility index (Phi) is 6.73. The summed E-state index contributed by atoms with van der Waals surface area (Å²) in [7, 11) is 2.85. The highest BCUT2D eigenvalue weighted by Gasteiger charge is 2.11. The molecule has 2 N–H and O–H groups in total. The summed E-state index contributed by atoms with van der Waals surface area (Å²) in [6.45, 7) is 0.268. The summed E-state index contributed by atoms with van der Waals surface area (Å²) in [4.78, 5) is 35.2. The van der Waals surface area contributed by atoms with Crippen LogP contribution in [0.5, 0.6) is 5.75 Å². The van der Waals surface area contributed by atoms with Crippen molar-refractivity contribution in [3.63, 3.8) is 0 Å². The summed E-state index contributed by atoms with van der Waals surface area (Å²) >= 11 is 0. The van der Waals surface area contributed by atoms with Gasteiger partial charge in [0.05, 0.1) is 19.8 Å². The molecule has 0 atom stereocenters. The maximum Gasteiger partial charge on any atom is 0.337 e. The number of amides is 2. The fraction of sp³-hybridized carbons (Fsp3) is 0.211. The average Bonchev–Trinajstić information content (AvgIpc) is 2.66. The number of benzene rings is 2. The van der Waals surface area contributed by atoms with Gasteiger partial charge in [0.25, 0.3) is 0 Å². The van der Waals surface area contributed by atoms with Gasteiger partial charge in [-0.05, 0) is 30.3 Å². The van der Waals surface area contributed by atoms with Crippen LogP contribution >= 0.6 is 0 Å². The van der Waals surface area contributed by atoms with Crippen LogP contribution in [0.15, 0.2) is 48.5 Å². The smallest absolute Gasteiger partial charge is 0.337 e. The minimum Gasteiger partial charge on any atom is -0.496 e. The van der Waals surface area contributed by atoms with E-state index in [2.05, 4.69) is 15.4 Å². The molecule has 136 valence electrons. The second-order valence-corrected chi connectivity index (χ2v) is 5.38. The first-order valence-electron chi connectivity index (χ1n) is 7.90. The molecule has 0 unspecified atom stereocenters. The number of esters is 1. The molecule has 2 aromatic rings. The third-order valence-corrected chi connectivity index (χ3v) is 3.58. The Morgan fingerprint density at radius 2 is 1.62 bits per heavy atom. The highest BCUT2D eigenvalue weighted by Crippen LogP contribution is 2.16. The van der Waals surface area contributed by atoms with Gasteiger partial charge in [-0.15, -0.1) is 0 Å². The lowest BCUT2D eigenvalue weighted by Crippen LogP contribution is -2.27. The molecule has 0 radical (unpaired) electrons. The van der Waals surface area contributed by atoms with Crippen LogP contribution in [0.4, 0.5) is 5.69 Å². The molecule has 0 aromatic heterocycles. The van der Waals surface area contributed by atoms with E-state index in [9.17, 15) is 14.4 Å². The lowest BCUT2D eigenvalue weighted by atomic mass is 10.2. The van der Waals surface area contributed by atoms with Crippen LogP contribution in [0.3, 0.4) is 0 Å². The number of methoxy groups -OCH3 is 2. The second-order valence-electron chi connectivity index (χ2n) is 5.38. The molecule has 0 aliphatic heterocycles. The van der Waals surface area contributed by atoms with Gasteiger partial charge < -0.3 is 20.1 Å². The summed E-state index contributed by atoms with van der Waals surface area (Å²) in [5.41, 5.74) is 1.68. The molecular formula is C19H20N2O5. The lowest BCUT2D eigenvalue weighted by Gasteiger charge is -2.10. The Labute approximate surface area is 151 Å². The topological polar surface area (TPSA) is 93.7 Å². The van der Waals surface area contributed by atoms with Gasteiger partial charge in [0.1, 0.15) is 12.2 Å². The van der Waals surface area contributed by atoms with Gasteiger partial charge in [-0.2, -0.15) is 0 Å². The maximum absolute atomic E-state index is 11.9. The van der Waals surface area contributed by atoms with Crippen molar-refractivity contribution in [2.45, 2.75) is 13.0 Å². The first-order valence-corrected chi connectivity index (χ1v) is 7.90. The molecule has 2 aromatic carbocycles. The number of carbonyl (C=O) groups is 3. The lowest BCUT2D eigenvalue weighted by molar-refractivity contribution is -0.126. The number of nitrogens with one attached hydrogen (secondary N) is 2. The monoisotopic (exact) mass is 356 g/mol. The third-order valence-electron chi connectivity index (χ3n) is 3.58. The Balaban J connectivity index is 1.83. The number of hydrogen-bond acceptors (Lipinski definition) is 5. The van der Waals surface area contributed by atoms with Gasteiger partial charge in [-0.25, -0.2) is 4.79 Å². The van der Waals surface area contributed by atoms with E-state index < -0.39 is 17.8 Å². The molecule has 0 fully saturated rings. The number of carbonyl (C=O) groups excluding carboxylic acids is 3. The minimum atomic E-state index is -0.460. The molecule has 7 heteroatoms. The Hall–Kier alpha value is -3.35. The Morgan fingerprint density at radius 3 is 2.27 bits per heavy atom. The average molecular weight is 356 g/mol. The molecule has 0 aliphatic rings. The summed E-state index contributed by atoms with van der Waals surface area (Å²) in [6.07, 6.45) is -0.312. The number of hydrogen-bond donors (Lipinski definition) is 2. The standard InChI is InChI=1S/C19H20N2O5/c1-25-16-6-4-3-5-14(16)12-20-17(22)11-18(23)21-15-9-7-13(8-10-15)19(24)26-2/h3-10H,11-12H2,1-2H3,(H,20,22)(H,21,23). The van der Waals surface area contributed by atoms with Gasteiger partial charge in [0, 0.05) is 17.8 Å². The second kappa shape index (κ2) is 9.22. The van der Waals surface area contributed by atoms with E-state index in [1.165, 1.54) is 19.2 Å². The highest BCUT2D eigenvalue weighted by molar-refractivity contribution is 6.03. The summed E-state index contributed by atoms with van der Waals surface area (Å²) in [5, 5.41) is 5.28. The van der Waals surface area contributed by atoms with Gasteiger partial charge in [-0.1, -0.05) is 18.2 Å². The molecule has 2 rings (SSSR count). The fourth-order valence-electron chi connectivity index (χ4n) is 2.26. The van der Waals surface area contributed by atoms with Crippen molar-refractivity contribution in [1.82, 2.24) is 5.32 Å². The van der Waals surface area contributed by atoms with E-state index in [4.69, 9.17) is 4.74 Å². The van der Waals surface area contributed by atoms with Crippen molar-refractivity contribution in [1.29, 1.82) is 0 Å². The Bertz CT molecular complexity index is 787. The first-order chi connectivity index (χ1) is 12.5. The molecule has 0 saturated carbocycles. The van der Waals surface area contributed by atoms with E-state index in [-0.39, 0.29) is 13.0 Å². The van der Waals surface area contributed by atoms with Crippen molar-refractivity contribution < 1.29 is 23.9 Å². The van der Waals surface area contributed by atoms with Gasteiger partial charge in [-0.3, -0.25) is 9.59 Å². The SMILES string of the molecule is COC(=O)c1ccc(NC(=O)CC(=O)NCc2ccccc2OC)cc1. The quantitative estimate of drug-likeness (QED) is 0.585. The van der Waals surface area contributed by atoms with Crippen molar-refractivity contribution in [3.05, 3.63) is 59.7 Å². The van der Waals surface area contributed by atoms with Crippen LogP contribution < -0.4 is 15.4 Å². The minimum absolute atomic E-state index is 0.268. The van der Waals surface area contributed by atoms with Crippen molar-refractivity contribution >= 4 is 23.5 Å². The molecule has 0 aliphatic carbocycles. The predicted octanol–water partition coefficient (Wildman–Crippen LogP) is 2.13. The van der Waals surface area contributed by atoms with Crippen LogP contribution in [0, 0.1) is 0 Å². The number of anilines is 1. The van der Waals surface area contributed by atoms with Crippen molar-refractivity contribution in [3.8, 4) is 5.75 Å². The van der Waals surface area contributed by atoms with Crippen LogP contribution in [0.2, 0.25) is 0 Å². The van der Waals surface area contributed by atoms with E-state index in [1.807, 2.05) is 18.2 Å². The zero-order valence-electron chi connectivity index (χ0n) is 14.6. The van der Waals surface area contributed by atoms with Gasteiger partial charge in [0.15, 0.2) is 0 Å².